The highest BCUT2D eigenvalue weighted by Crippen LogP contribution is 2.26. The molecule has 1 fully saturated rings. The lowest BCUT2D eigenvalue weighted by Crippen LogP contribution is -2.55. The lowest BCUT2D eigenvalue weighted by Gasteiger charge is -2.31. The van der Waals surface area contributed by atoms with Crippen LogP contribution >= 0.6 is 11.8 Å². The first-order valence-electron chi connectivity index (χ1n) is 8.79. The molecule has 142 valence electrons. The molecule has 2 amide bonds. The summed E-state index contributed by atoms with van der Waals surface area (Å²) in [6, 6.07) is 5.91. The van der Waals surface area contributed by atoms with Gasteiger partial charge in [0.2, 0.25) is 0 Å². The number of hydrogen-bond acceptors (Lipinski definition) is 4. The van der Waals surface area contributed by atoms with Crippen LogP contribution < -0.4 is 10.8 Å². The highest BCUT2D eigenvalue weighted by Gasteiger charge is 2.36. The summed E-state index contributed by atoms with van der Waals surface area (Å²) in [5.41, 5.74) is 2.80. The Balaban J connectivity index is 2.04. The summed E-state index contributed by atoms with van der Waals surface area (Å²) in [6.07, 6.45) is 5.43. The summed E-state index contributed by atoms with van der Waals surface area (Å²) < 4.78 is -0.590. The number of nitrogens with one attached hydrogen (secondary N) is 2. The van der Waals surface area contributed by atoms with E-state index in [1.54, 1.807) is 29.7 Å². The van der Waals surface area contributed by atoms with E-state index in [-0.39, 0.29) is 0 Å². The van der Waals surface area contributed by atoms with Crippen molar-refractivity contribution in [3.05, 3.63) is 35.4 Å². The van der Waals surface area contributed by atoms with Gasteiger partial charge in [-0.2, -0.15) is 11.8 Å². The highest BCUT2D eigenvalue weighted by atomic mass is 32.2. The van der Waals surface area contributed by atoms with Gasteiger partial charge in [0.15, 0.2) is 0 Å². The molecule has 0 radical (unpaired) electrons. The van der Waals surface area contributed by atoms with Crippen LogP contribution in [0.2, 0.25) is 0 Å². The topological polar surface area (TPSA) is 78.4 Å². The first-order chi connectivity index (χ1) is 12.9. The fraction of sp³-hybridized carbons (Fsp3) is 0.429. The van der Waals surface area contributed by atoms with Gasteiger partial charge in [-0.15, -0.1) is 0 Å². The van der Waals surface area contributed by atoms with Crippen molar-refractivity contribution in [3.8, 4) is 23.7 Å². The normalized spacial score (nSPS) is 14.5. The first-order valence-corrected chi connectivity index (χ1v) is 10.0. The van der Waals surface area contributed by atoms with E-state index in [0.717, 1.165) is 5.56 Å². The molecule has 1 aromatic carbocycles. The Hall–Kier alpha value is -2.41. The minimum Gasteiger partial charge on any atom is -0.339 e. The molecule has 5 nitrogen and oxygen atoms in total. The van der Waals surface area contributed by atoms with Gasteiger partial charge < -0.3 is 5.32 Å². The zero-order valence-corrected chi connectivity index (χ0v) is 16.6. The van der Waals surface area contributed by atoms with Crippen molar-refractivity contribution >= 4 is 23.6 Å². The van der Waals surface area contributed by atoms with Gasteiger partial charge >= 0.3 is 0 Å². The van der Waals surface area contributed by atoms with Crippen LogP contribution in [0.25, 0.3) is 0 Å². The zero-order valence-electron chi connectivity index (χ0n) is 15.8. The monoisotopic (exact) mass is 384 g/mol. The van der Waals surface area contributed by atoms with Crippen molar-refractivity contribution in [3.63, 3.8) is 0 Å². The van der Waals surface area contributed by atoms with Crippen LogP contribution in [-0.2, 0) is 4.79 Å². The molecule has 6 heteroatoms. The lowest BCUT2D eigenvalue weighted by molar-refractivity contribution is -0.131. The number of hydrogen-bond donors (Lipinski definition) is 3. The number of hydroxylamine groups is 1. The third-order valence-corrected chi connectivity index (χ3v) is 5.95. The van der Waals surface area contributed by atoms with E-state index in [2.05, 4.69) is 29.0 Å². The van der Waals surface area contributed by atoms with E-state index in [1.807, 2.05) is 20.1 Å². The molecule has 0 aromatic heterocycles. The summed E-state index contributed by atoms with van der Waals surface area (Å²) in [5.74, 6) is 11.3. The van der Waals surface area contributed by atoms with Crippen LogP contribution in [0.3, 0.4) is 0 Å². The second-order valence-electron chi connectivity index (χ2n) is 6.91. The van der Waals surface area contributed by atoms with Gasteiger partial charge in [-0.05, 0) is 69.1 Å². The minimum absolute atomic E-state index is 0.394. The van der Waals surface area contributed by atoms with Gasteiger partial charge in [0, 0.05) is 21.8 Å². The molecule has 27 heavy (non-hydrogen) atoms. The van der Waals surface area contributed by atoms with Gasteiger partial charge in [-0.3, -0.25) is 14.8 Å². The van der Waals surface area contributed by atoms with E-state index in [1.165, 1.54) is 31.0 Å². The van der Waals surface area contributed by atoms with Gasteiger partial charge in [0.05, 0.1) is 0 Å². The zero-order chi connectivity index (χ0) is 19.9. The average molecular weight is 385 g/mol. The molecule has 1 aromatic rings. The number of amides is 2. The Morgan fingerprint density at radius 3 is 2.41 bits per heavy atom. The predicted octanol–water partition coefficient (Wildman–Crippen LogP) is 2.59. The van der Waals surface area contributed by atoms with Crippen molar-refractivity contribution in [2.45, 2.75) is 43.9 Å². The Morgan fingerprint density at radius 2 is 1.89 bits per heavy atom. The fourth-order valence-electron chi connectivity index (χ4n) is 2.45. The second-order valence-corrected chi connectivity index (χ2v) is 8.38. The molecule has 0 spiro atoms. The molecule has 1 saturated carbocycles. The fourth-order valence-corrected chi connectivity index (χ4v) is 2.85. The molecular weight excluding hydrogens is 360 g/mol. The molecular formula is C21H24N2O3S. The predicted molar refractivity (Wildman–Crippen MR) is 107 cm³/mol. The molecule has 0 bridgehead atoms. The maximum absolute atomic E-state index is 12.5. The van der Waals surface area contributed by atoms with Crippen LogP contribution in [0.15, 0.2) is 24.3 Å². The maximum Gasteiger partial charge on any atom is 0.267 e. The Kier molecular flexibility index (Phi) is 7.36. The van der Waals surface area contributed by atoms with Gasteiger partial charge in [0.25, 0.3) is 11.8 Å². The molecule has 1 atom stereocenters. The van der Waals surface area contributed by atoms with Gasteiger partial charge in [0.1, 0.15) is 6.04 Å². The van der Waals surface area contributed by atoms with Crippen LogP contribution in [0.4, 0.5) is 0 Å². The quantitative estimate of drug-likeness (QED) is 0.414. The van der Waals surface area contributed by atoms with E-state index < -0.39 is 22.6 Å². The number of thioether (sulfide) groups is 1. The summed E-state index contributed by atoms with van der Waals surface area (Å²) in [6.45, 7) is 3.64. The Labute approximate surface area is 164 Å². The number of benzene rings is 1. The molecule has 3 N–H and O–H groups in total. The van der Waals surface area contributed by atoms with Crippen LogP contribution in [-0.4, -0.2) is 34.1 Å². The Morgan fingerprint density at radius 1 is 1.22 bits per heavy atom. The number of carbonyl (C=O) groups is 2. The van der Waals surface area contributed by atoms with Crippen LogP contribution in [0, 0.1) is 29.6 Å². The molecule has 0 heterocycles. The third-order valence-electron chi connectivity index (χ3n) is 4.67. The lowest BCUT2D eigenvalue weighted by atomic mass is 9.86. The van der Waals surface area contributed by atoms with Crippen LogP contribution in [0.1, 0.15) is 49.0 Å². The molecule has 2 rings (SSSR count). The first kappa shape index (κ1) is 20.9. The SMILES string of the molecule is CSC(C)(C)[C@H](NC(=O)c1ccc(C#CC#CC2CCC2)cc1)C(=O)NO. The average Bonchev–Trinajstić information content (AvgIpc) is 2.64. The van der Waals surface area contributed by atoms with E-state index in [0.29, 0.717) is 11.5 Å². The number of rotatable bonds is 5. The van der Waals surface area contributed by atoms with Crippen molar-refractivity contribution < 1.29 is 14.8 Å². The second kappa shape index (κ2) is 9.50. The largest absolute Gasteiger partial charge is 0.339 e. The third kappa shape index (κ3) is 5.79. The molecule has 0 aliphatic heterocycles. The van der Waals surface area contributed by atoms with Crippen molar-refractivity contribution in [1.82, 2.24) is 10.8 Å². The summed E-state index contributed by atoms with van der Waals surface area (Å²) in [4.78, 5) is 24.4. The standard InChI is InChI=1S/C21H24N2O3S/c1-21(2,27-3)18(20(25)23-26)22-19(24)17-13-11-16(12-14-17)8-5-4-7-15-9-6-10-15/h11-15,18,26H,6,9-10H2,1-3H3,(H,22,24)(H,23,25)/t18-/m1/s1. The minimum atomic E-state index is -0.883. The summed E-state index contributed by atoms with van der Waals surface area (Å²) in [7, 11) is 0. The summed E-state index contributed by atoms with van der Waals surface area (Å²) in [5, 5.41) is 11.6. The van der Waals surface area contributed by atoms with Crippen molar-refractivity contribution in [1.29, 1.82) is 0 Å². The molecule has 1 aliphatic carbocycles. The van der Waals surface area contributed by atoms with Crippen molar-refractivity contribution in [2.24, 2.45) is 5.92 Å². The van der Waals surface area contributed by atoms with E-state index in [4.69, 9.17) is 5.21 Å². The van der Waals surface area contributed by atoms with Crippen LogP contribution in [0.5, 0.6) is 0 Å². The maximum atomic E-state index is 12.5. The number of carbonyl (C=O) groups excluding carboxylic acids is 2. The smallest absolute Gasteiger partial charge is 0.267 e. The van der Waals surface area contributed by atoms with E-state index >= 15 is 0 Å². The Bertz CT molecular complexity index is 806. The van der Waals surface area contributed by atoms with Gasteiger partial charge in [-0.1, -0.05) is 18.3 Å². The molecule has 0 unspecified atom stereocenters. The summed E-state index contributed by atoms with van der Waals surface area (Å²) >= 11 is 1.42. The highest BCUT2D eigenvalue weighted by molar-refractivity contribution is 8.00. The van der Waals surface area contributed by atoms with Gasteiger partial charge in [-0.25, -0.2) is 5.48 Å². The molecule has 1 aliphatic rings. The van der Waals surface area contributed by atoms with E-state index in [9.17, 15) is 9.59 Å². The molecule has 0 saturated heterocycles. The van der Waals surface area contributed by atoms with Crippen molar-refractivity contribution in [2.75, 3.05) is 6.26 Å².